The number of benzene rings is 1. The highest BCUT2D eigenvalue weighted by atomic mass is 127. The summed E-state index contributed by atoms with van der Waals surface area (Å²) >= 11 is 2.34. The van der Waals surface area contributed by atoms with E-state index in [0.29, 0.717) is 12.0 Å². The third-order valence-electron chi connectivity index (χ3n) is 3.03. The molecule has 0 radical (unpaired) electrons. The van der Waals surface area contributed by atoms with Crippen molar-refractivity contribution in [3.8, 4) is 0 Å². The van der Waals surface area contributed by atoms with E-state index in [1.54, 1.807) is 0 Å². The van der Waals surface area contributed by atoms with Crippen molar-refractivity contribution >= 4 is 33.6 Å². The van der Waals surface area contributed by atoms with Crippen molar-refractivity contribution in [1.29, 1.82) is 0 Å². The van der Waals surface area contributed by atoms with Gasteiger partial charge >= 0.3 is 0 Å². The Bertz CT molecular complexity index is 543. The maximum absolute atomic E-state index is 6.07. The van der Waals surface area contributed by atoms with Crippen LogP contribution in [0.3, 0.4) is 0 Å². The van der Waals surface area contributed by atoms with E-state index in [4.69, 9.17) is 4.42 Å². The molecule has 98 valence electrons. The van der Waals surface area contributed by atoms with Crippen LogP contribution in [0.15, 0.2) is 22.6 Å². The van der Waals surface area contributed by atoms with Crippen LogP contribution in [-0.2, 0) is 6.54 Å². The summed E-state index contributed by atoms with van der Waals surface area (Å²) < 4.78 is 7.25. The lowest BCUT2D eigenvalue weighted by Crippen LogP contribution is -2.22. The van der Waals surface area contributed by atoms with Gasteiger partial charge in [-0.2, -0.15) is 0 Å². The minimum atomic E-state index is 0.470. The molecule has 18 heavy (non-hydrogen) atoms. The Morgan fingerprint density at radius 1 is 1.22 bits per heavy atom. The van der Waals surface area contributed by atoms with Crippen molar-refractivity contribution in [3.63, 3.8) is 0 Å². The maximum atomic E-state index is 6.07. The van der Waals surface area contributed by atoms with Gasteiger partial charge in [0.25, 0.3) is 0 Å². The van der Waals surface area contributed by atoms with Crippen LogP contribution in [0.5, 0.6) is 0 Å². The van der Waals surface area contributed by atoms with Gasteiger partial charge in [-0.15, -0.1) is 0 Å². The fraction of sp³-hybridized carbons (Fsp3) is 0.467. The minimum Gasteiger partial charge on any atom is -0.458 e. The van der Waals surface area contributed by atoms with Crippen molar-refractivity contribution in [2.45, 2.75) is 46.2 Å². The second-order valence-electron chi connectivity index (χ2n) is 5.25. The van der Waals surface area contributed by atoms with Gasteiger partial charge in [-0.3, -0.25) is 0 Å². The smallest absolute Gasteiger partial charge is 0.147 e. The standard InChI is InChI=1S/C15H20INO/c1-9(2)14-11-6-5-7-12(16)15(11)18-13(14)8-17-10(3)4/h5-7,9-10,17H,8H2,1-4H3. The molecule has 0 bridgehead atoms. The molecular weight excluding hydrogens is 337 g/mol. The number of halogens is 1. The number of hydrogen-bond donors (Lipinski definition) is 1. The van der Waals surface area contributed by atoms with Crippen LogP contribution in [0.25, 0.3) is 11.0 Å². The van der Waals surface area contributed by atoms with Crippen LogP contribution < -0.4 is 5.32 Å². The number of furan rings is 1. The molecule has 1 heterocycles. The average molecular weight is 357 g/mol. The Morgan fingerprint density at radius 3 is 2.56 bits per heavy atom. The van der Waals surface area contributed by atoms with Crippen LogP contribution in [0.2, 0.25) is 0 Å². The zero-order valence-corrected chi connectivity index (χ0v) is 13.5. The quantitative estimate of drug-likeness (QED) is 0.806. The molecule has 3 heteroatoms. The SMILES string of the molecule is CC(C)NCc1oc2c(I)cccc2c1C(C)C. The first-order valence-electron chi connectivity index (χ1n) is 6.44. The Balaban J connectivity index is 2.51. The molecule has 0 saturated heterocycles. The molecule has 0 fully saturated rings. The van der Waals surface area contributed by atoms with Crippen molar-refractivity contribution in [3.05, 3.63) is 33.1 Å². The van der Waals surface area contributed by atoms with Crippen molar-refractivity contribution in [2.24, 2.45) is 0 Å². The summed E-state index contributed by atoms with van der Waals surface area (Å²) in [6, 6.07) is 6.83. The summed E-state index contributed by atoms with van der Waals surface area (Å²) in [5.41, 5.74) is 2.37. The van der Waals surface area contributed by atoms with E-state index in [0.717, 1.165) is 17.9 Å². The lowest BCUT2D eigenvalue weighted by molar-refractivity contribution is 0.480. The molecule has 2 nitrogen and oxygen atoms in total. The van der Waals surface area contributed by atoms with Gasteiger partial charge in [0.1, 0.15) is 11.3 Å². The van der Waals surface area contributed by atoms with Gasteiger partial charge in [0, 0.05) is 17.0 Å². The third-order valence-corrected chi connectivity index (χ3v) is 3.88. The monoisotopic (exact) mass is 357 g/mol. The Morgan fingerprint density at radius 2 is 1.94 bits per heavy atom. The zero-order valence-electron chi connectivity index (χ0n) is 11.4. The first kappa shape index (κ1) is 13.9. The molecule has 2 rings (SSSR count). The summed E-state index contributed by atoms with van der Waals surface area (Å²) in [5.74, 6) is 1.56. The summed E-state index contributed by atoms with van der Waals surface area (Å²) in [6.45, 7) is 9.56. The van der Waals surface area contributed by atoms with E-state index in [-0.39, 0.29) is 0 Å². The first-order valence-corrected chi connectivity index (χ1v) is 7.51. The molecule has 0 spiro atoms. The van der Waals surface area contributed by atoms with Crippen LogP contribution in [0.4, 0.5) is 0 Å². The molecule has 0 unspecified atom stereocenters. The summed E-state index contributed by atoms with van der Waals surface area (Å²) in [5, 5.41) is 4.70. The van der Waals surface area contributed by atoms with Gasteiger partial charge < -0.3 is 9.73 Å². The predicted octanol–water partition coefficient (Wildman–Crippen LogP) is 4.66. The molecule has 2 aromatic rings. The average Bonchev–Trinajstić information content (AvgIpc) is 2.66. The van der Waals surface area contributed by atoms with Gasteiger partial charge in [-0.1, -0.05) is 39.8 Å². The molecule has 0 aliphatic rings. The highest BCUT2D eigenvalue weighted by Gasteiger charge is 2.18. The van der Waals surface area contributed by atoms with E-state index < -0.39 is 0 Å². The van der Waals surface area contributed by atoms with Crippen molar-refractivity contribution < 1.29 is 4.42 Å². The highest BCUT2D eigenvalue weighted by molar-refractivity contribution is 14.1. The van der Waals surface area contributed by atoms with Gasteiger partial charge in [0.2, 0.25) is 0 Å². The first-order chi connectivity index (χ1) is 8.50. The van der Waals surface area contributed by atoms with E-state index in [1.807, 2.05) is 0 Å². The van der Waals surface area contributed by atoms with E-state index in [2.05, 4.69) is 73.8 Å². The zero-order chi connectivity index (χ0) is 13.3. The van der Waals surface area contributed by atoms with Crippen LogP contribution in [0, 0.1) is 3.57 Å². The van der Waals surface area contributed by atoms with Gasteiger partial charge in [0.15, 0.2) is 0 Å². The Kier molecular flexibility index (Phi) is 4.33. The Labute approximate surface area is 122 Å². The molecule has 0 saturated carbocycles. The van der Waals surface area contributed by atoms with Crippen LogP contribution >= 0.6 is 22.6 Å². The third kappa shape index (κ3) is 2.72. The van der Waals surface area contributed by atoms with E-state index >= 15 is 0 Å². The van der Waals surface area contributed by atoms with Gasteiger partial charge in [-0.05, 0) is 34.6 Å². The van der Waals surface area contributed by atoms with Crippen LogP contribution in [0.1, 0.15) is 44.9 Å². The summed E-state index contributed by atoms with van der Waals surface area (Å²) in [6.07, 6.45) is 0. The predicted molar refractivity (Wildman–Crippen MR) is 85.0 cm³/mol. The number of para-hydroxylation sites is 1. The lowest BCUT2D eigenvalue weighted by atomic mass is 9.99. The molecule has 0 atom stereocenters. The number of fused-ring (bicyclic) bond motifs is 1. The fourth-order valence-corrected chi connectivity index (χ4v) is 2.82. The minimum absolute atomic E-state index is 0.470. The topological polar surface area (TPSA) is 25.2 Å². The Hall–Kier alpha value is -0.550. The van der Waals surface area contributed by atoms with Crippen molar-refractivity contribution in [2.75, 3.05) is 0 Å². The van der Waals surface area contributed by atoms with Crippen molar-refractivity contribution in [1.82, 2.24) is 5.32 Å². The molecule has 0 aliphatic heterocycles. The van der Waals surface area contributed by atoms with Gasteiger partial charge in [-0.25, -0.2) is 0 Å². The summed E-state index contributed by atoms with van der Waals surface area (Å²) in [4.78, 5) is 0. The number of nitrogens with one attached hydrogen (secondary N) is 1. The normalized spacial score (nSPS) is 11.9. The number of hydrogen-bond acceptors (Lipinski definition) is 2. The number of rotatable bonds is 4. The second kappa shape index (κ2) is 5.61. The molecule has 0 amide bonds. The molecule has 0 aliphatic carbocycles. The molecular formula is C15H20INO. The maximum Gasteiger partial charge on any atom is 0.147 e. The molecule has 1 aromatic heterocycles. The summed E-state index contributed by atoms with van der Waals surface area (Å²) in [7, 11) is 0. The fourth-order valence-electron chi connectivity index (χ4n) is 2.21. The van der Waals surface area contributed by atoms with E-state index in [1.165, 1.54) is 14.5 Å². The molecule has 1 aromatic carbocycles. The second-order valence-corrected chi connectivity index (χ2v) is 6.41. The molecule has 1 N–H and O–H groups in total. The lowest BCUT2D eigenvalue weighted by Gasteiger charge is -2.09. The van der Waals surface area contributed by atoms with Gasteiger partial charge in [0.05, 0.1) is 10.1 Å². The largest absolute Gasteiger partial charge is 0.458 e. The highest BCUT2D eigenvalue weighted by Crippen LogP contribution is 2.34. The van der Waals surface area contributed by atoms with E-state index in [9.17, 15) is 0 Å². The van der Waals surface area contributed by atoms with Crippen LogP contribution in [-0.4, -0.2) is 6.04 Å².